The minimum atomic E-state index is -0.495. The van der Waals surface area contributed by atoms with Gasteiger partial charge in [0.25, 0.3) is 11.6 Å². The zero-order valence-corrected chi connectivity index (χ0v) is 12.1. The van der Waals surface area contributed by atoms with E-state index in [0.29, 0.717) is 5.56 Å². The molecule has 0 unspecified atom stereocenters. The fraction of sp³-hybridized carbons (Fsp3) is 0.188. The predicted molar refractivity (Wildman–Crippen MR) is 81.7 cm³/mol. The van der Waals surface area contributed by atoms with Crippen LogP contribution in [0.15, 0.2) is 36.4 Å². The number of amides is 1. The molecule has 2 rings (SSSR count). The van der Waals surface area contributed by atoms with Gasteiger partial charge in [0.2, 0.25) is 0 Å². The van der Waals surface area contributed by atoms with Crippen molar-refractivity contribution in [2.45, 2.75) is 20.8 Å². The number of nitrogens with one attached hydrogen (secondary N) is 1. The molecular formula is C16H16N2O3. The summed E-state index contributed by atoms with van der Waals surface area (Å²) in [7, 11) is 0. The lowest BCUT2D eigenvalue weighted by atomic mass is 10.0. The Morgan fingerprint density at radius 2 is 1.67 bits per heavy atom. The summed E-state index contributed by atoms with van der Waals surface area (Å²) in [5.74, 6) is -0.348. The first-order valence-corrected chi connectivity index (χ1v) is 6.52. The van der Waals surface area contributed by atoms with Crippen molar-refractivity contribution < 1.29 is 9.72 Å². The second kappa shape index (κ2) is 5.75. The van der Waals surface area contributed by atoms with Crippen LogP contribution >= 0.6 is 0 Å². The number of hydrogen-bond donors (Lipinski definition) is 1. The Labute approximate surface area is 122 Å². The van der Waals surface area contributed by atoms with Crippen LogP contribution in [0.3, 0.4) is 0 Å². The molecule has 5 nitrogen and oxygen atoms in total. The third-order valence-corrected chi connectivity index (χ3v) is 3.22. The summed E-state index contributed by atoms with van der Waals surface area (Å²) < 4.78 is 0. The van der Waals surface area contributed by atoms with Crippen molar-refractivity contribution in [3.8, 4) is 0 Å². The summed E-state index contributed by atoms with van der Waals surface area (Å²) in [4.78, 5) is 22.8. The Balaban J connectivity index is 2.34. The molecule has 0 aliphatic carbocycles. The highest BCUT2D eigenvalue weighted by Gasteiger charge is 2.17. The topological polar surface area (TPSA) is 72.2 Å². The quantitative estimate of drug-likeness (QED) is 0.688. The van der Waals surface area contributed by atoms with Crippen LogP contribution in [0.25, 0.3) is 0 Å². The molecule has 0 spiro atoms. The van der Waals surface area contributed by atoms with Crippen molar-refractivity contribution in [2.24, 2.45) is 0 Å². The van der Waals surface area contributed by atoms with Gasteiger partial charge in [-0.25, -0.2) is 0 Å². The Kier molecular flexibility index (Phi) is 4.03. The SMILES string of the molecule is Cc1ccc(C(=O)Nc2ccc(C)cc2[N+](=O)[O-])c(C)c1. The van der Waals surface area contributed by atoms with E-state index in [1.165, 1.54) is 6.07 Å². The maximum absolute atomic E-state index is 12.3. The second-order valence-electron chi connectivity index (χ2n) is 5.05. The van der Waals surface area contributed by atoms with Crippen LogP contribution in [0.2, 0.25) is 0 Å². The summed E-state index contributed by atoms with van der Waals surface area (Å²) in [5, 5.41) is 13.7. The molecule has 0 heterocycles. The molecule has 0 radical (unpaired) electrons. The first kappa shape index (κ1) is 14.7. The maximum atomic E-state index is 12.3. The van der Waals surface area contributed by atoms with Gasteiger partial charge in [0, 0.05) is 11.6 Å². The second-order valence-corrected chi connectivity index (χ2v) is 5.05. The smallest absolute Gasteiger partial charge is 0.293 e. The van der Waals surface area contributed by atoms with Gasteiger partial charge < -0.3 is 5.32 Å². The summed E-state index contributed by atoms with van der Waals surface area (Å²) in [6, 6.07) is 10.2. The Hall–Kier alpha value is -2.69. The molecule has 0 aromatic heterocycles. The molecule has 2 aromatic carbocycles. The summed E-state index contributed by atoms with van der Waals surface area (Å²) in [5.41, 5.74) is 3.28. The minimum Gasteiger partial charge on any atom is -0.316 e. The van der Waals surface area contributed by atoms with E-state index in [0.717, 1.165) is 16.7 Å². The molecule has 0 aliphatic heterocycles. The first-order valence-electron chi connectivity index (χ1n) is 6.52. The lowest BCUT2D eigenvalue weighted by Gasteiger charge is -2.09. The lowest BCUT2D eigenvalue weighted by molar-refractivity contribution is -0.384. The molecule has 1 amide bonds. The third kappa shape index (κ3) is 3.25. The molecule has 5 heteroatoms. The molecule has 0 saturated heterocycles. The van der Waals surface area contributed by atoms with Gasteiger partial charge in [0.15, 0.2) is 0 Å². The van der Waals surface area contributed by atoms with Crippen molar-refractivity contribution in [3.63, 3.8) is 0 Å². The molecule has 0 atom stereocenters. The van der Waals surface area contributed by atoms with E-state index in [4.69, 9.17) is 0 Å². The van der Waals surface area contributed by atoms with Crippen molar-refractivity contribution in [2.75, 3.05) is 5.32 Å². The summed E-state index contributed by atoms with van der Waals surface area (Å²) in [6.07, 6.45) is 0. The van der Waals surface area contributed by atoms with E-state index in [-0.39, 0.29) is 17.3 Å². The van der Waals surface area contributed by atoms with Gasteiger partial charge in [-0.05, 0) is 44.0 Å². The van der Waals surface area contributed by atoms with Crippen LogP contribution < -0.4 is 5.32 Å². The van der Waals surface area contributed by atoms with E-state index >= 15 is 0 Å². The highest BCUT2D eigenvalue weighted by Crippen LogP contribution is 2.26. The van der Waals surface area contributed by atoms with Crippen LogP contribution in [0.4, 0.5) is 11.4 Å². The van der Waals surface area contributed by atoms with Crippen molar-refractivity contribution >= 4 is 17.3 Å². The predicted octanol–water partition coefficient (Wildman–Crippen LogP) is 3.77. The fourth-order valence-electron chi connectivity index (χ4n) is 2.16. The molecule has 1 N–H and O–H groups in total. The highest BCUT2D eigenvalue weighted by atomic mass is 16.6. The number of carbonyl (C=O) groups excluding carboxylic acids is 1. The number of aryl methyl sites for hydroxylation is 3. The molecule has 0 fully saturated rings. The van der Waals surface area contributed by atoms with Crippen LogP contribution in [0.1, 0.15) is 27.0 Å². The third-order valence-electron chi connectivity index (χ3n) is 3.22. The van der Waals surface area contributed by atoms with E-state index in [9.17, 15) is 14.9 Å². The van der Waals surface area contributed by atoms with Gasteiger partial charge >= 0.3 is 0 Å². The van der Waals surface area contributed by atoms with Crippen molar-refractivity contribution in [1.82, 2.24) is 0 Å². The molecular weight excluding hydrogens is 268 g/mol. The summed E-state index contributed by atoms with van der Waals surface area (Å²) in [6.45, 7) is 5.55. The van der Waals surface area contributed by atoms with E-state index in [1.54, 1.807) is 25.1 Å². The zero-order valence-electron chi connectivity index (χ0n) is 12.1. The Bertz CT molecular complexity index is 723. The molecule has 21 heavy (non-hydrogen) atoms. The number of nitro groups is 1. The molecule has 0 bridgehead atoms. The number of anilines is 1. The van der Waals surface area contributed by atoms with Crippen LogP contribution in [-0.4, -0.2) is 10.8 Å². The molecule has 108 valence electrons. The molecule has 2 aromatic rings. The normalized spacial score (nSPS) is 10.2. The fourth-order valence-corrected chi connectivity index (χ4v) is 2.16. The van der Waals surface area contributed by atoms with Gasteiger partial charge in [-0.3, -0.25) is 14.9 Å². The van der Waals surface area contributed by atoms with Crippen LogP contribution in [0.5, 0.6) is 0 Å². The van der Waals surface area contributed by atoms with Gasteiger partial charge in [-0.15, -0.1) is 0 Å². The number of benzene rings is 2. The van der Waals surface area contributed by atoms with Crippen molar-refractivity contribution in [3.05, 3.63) is 68.8 Å². The van der Waals surface area contributed by atoms with Gasteiger partial charge in [0.1, 0.15) is 5.69 Å². The van der Waals surface area contributed by atoms with E-state index < -0.39 is 4.92 Å². The zero-order chi connectivity index (χ0) is 15.6. The van der Waals surface area contributed by atoms with Gasteiger partial charge in [0.05, 0.1) is 4.92 Å². The highest BCUT2D eigenvalue weighted by molar-refractivity contribution is 6.06. The molecule has 0 saturated carbocycles. The number of carbonyl (C=O) groups is 1. The number of hydrogen-bond acceptors (Lipinski definition) is 3. The molecule has 0 aliphatic rings. The largest absolute Gasteiger partial charge is 0.316 e. The summed E-state index contributed by atoms with van der Waals surface area (Å²) >= 11 is 0. The monoisotopic (exact) mass is 284 g/mol. The van der Waals surface area contributed by atoms with Crippen LogP contribution in [0, 0.1) is 30.9 Å². The van der Waals surface area contributed by atoms with E-state index in [1.807, 2.05) is 26.0 Å². The number of nitrogens with zero attached hydrogens (tertiary/aromatic N) is 1. The standard InChI is InChI=1S/C16H16N2O3/c1-10-4-6-13(12(3)8-10)16(19)17-14-7-5-11(2)9-15(14)18(20)21/h4-9H,1-3H3,(H,17,19). The van der Waals surface area contributed by atoms with E-state index in [2.05, 4.69) is 5.32 Å². The Morgan fingerprint density at radius 3 is 2.29 bits per heavy atom. The van der Waals surface area contributed by atoms with Crippen LogP contribution in [-0.2, 0) is 0 Å². The number of nitro benzene ring substituents is 1. The average molecular weight is 284 g/mol. The van der Waals surface area contributed by atoms with Gasteiger partial charge in [-0.1, -0.05) is 23.8 Å². The lowest BCUT2D eigenvalue weighted by Crippen LogP contribution is -2.14. The number of rotatable bonds is 3. The van der Waals surface area contributed by atoms with Gasteiger partial charge in [-0.2, -0.15) is 0 Å². The average Bonchev–Trinajstić information content (AvgIpc) is 2.40. The Morgan fingerprint density at radius 1 is 1.05 bits per heavy atom. The van der Waals surface area contributed by atoms with Crippen molar-refractivity contribution in [1.29, 1.82) is 0 Å². The minimum absolute atomic E-state index is 0.104. The first-order chi connectivity index (χ1) is 9.88. The maximum Gasteiger partial charge on any atom is 0.293 e.